The number of imidazole rings is 1. The van der Waals surface area contributed by atoms with Gasteiger partial charge in [0, 0.05) is 38.5 Å². The molecule has 9 heteroatoms. The Bertz CT molecular complexity index is 1030. The van der Waals surface area contributed by atoms with Crippen molar-refractivity contribution in [3.05, 3.63) is 54.0 Å². The molecular weight excluding hydrogens is 380 g/mol. The fourth-order valence-corrected chi connectivity index (χ4v) is 3.70. The molecule has 7 nitrogen and oxygen atoms in total. The lowest BCUT2D eigenvalue weighted by atomic mass is 10.0. The minimum atomic E-state index is -0.798. The van der Waals surface area contributed by atoms with E-state index in [2.05, 4.69) is 19.9 Å². The summed E-state index contributed by atoms with van der Waals surface area (Å²) in [5, 5.41) is 2.51. The molecule has 3 aromatic rings. The number of hydrogen-bond donors (Lipinski definition) is 1. The Morgan fingerprint density at radius 2 is 2.07 bits per heavy atom. The van der Waals surface area contributed by atoms with Gasteiger partial charge in [-0.2, -0.15) is 0 Å². The number of aromatic nitrogens is 3. The van der Waals surface area contributed by atoms with E-state index in [1.165, 1.54) is 6.07 Å². The number of rotatable bonds is 4. The van der Waals surface area contributed by atoms with Crippen molar-refractivity contribution in [2.24, 2.45) is 0 Å². The molecule has 0 spiro atoms. The summed E-state index contributed by atoms with van der Waals surface area (Å²) >= 11 is 0. The molecule has 0 radical (unpaired) electrons. The Morgan fingerprint density at radius 3 is 2.79 bits per heavy atom. The highest BCUT2D eigenvalue weighted by molar-refractivity contribution is 5.89. The molecular formula is C20H21F2N5O2. The molecule has 2 amide bonds. The molecule has 152 valence electrons. The van der Waals surface area contributed by atoms with Crippen molar-refractivity contribution in [1.29, 1.82) is 0 Å². The zero-order chi connectivity index (χ0) is 20.4. The van der Waals surface area contributed by atoms with E-state index in [-0.39, 0.29) is 11.7 Å². The van der Waals surface area contributed by atoms with Crippen LogP contribution in [0.2, 0.25) is 0 Å². The summed E-state index contributed by atoms with van der Waals surface area (Å²) < 4.78 is 34.2. The number of nitrogens with zero attached hydrogens (tertiary/aromatic N) is 4. The Kier molecular flexibility index (Phi) is 5.39. The summed E-state index contributed by atoms with van der Waals surface area (Å²) in [6, 6.07) is 6.56. The van der Waals surface area contributed by atoms with Gasteiger partial charge in [-0.1, -0.05) is 0 Å². The summed E-state index contributed by atoms with van der Waals surface area (Å²) in [5.74, 6) is -0.680. The zero-order valence-electron chi connectivity index (χ0n) is 15.9. The summed E-state index contributed by atoms with van der Waals surface area (Å²) in [4.78, 5) is 23.2. The average molecular weight is 401 g/mol. The molecule has 0 aliphatic carbocycles. The van der Waals surface area contributed by atoms with Gasteiger partial charge in [0.15, 0.2) is 5.65 Å². The molecule has 0 atom stereocenters. The number of anilines is 1. The normalized spacial score (nSPS) is 15.1. The molecule has 0 saturated carbocycles. The van der Waals surface area contributed by atoms with Crippen LogP contribution in [-0.4, -0.2) is 45.7 Å². The van der Waals surface area contributed by atoms with Crippen LogP contribution in [0.15, 0.2) is 36.5 Å². The van der Waals surface area contributed by atoms with Crippen molar-refractivity contribution in [1.82, 2.24) is 19.4 Å². The molecule has 2 aromatic heterocycles. The second-order valence-electron chi connectivity index (χ2n) is 6.95. The second-order valence-corrected chi connectivity index (χ2v) is 6.95. The third-order valence-electron chi connectivity index (χ3n) is 5.08. The first-order valence-electron chi connectivity index (χ1n) is 9.38. The van der Waals surface area contributed by atoms with Gasteiger partial charge >= 0.3 is 6.03 Å². The summed E-state index contributed by atoms with van der Waals surface area (Å²) in [5.41, 5.74) is 1.58. The van der Waals surface area contributed by atoms with Crippen LogP contribution < -0.4 is 5.32 Å². The number of benzene rings is 1. The first kappa shape index (κ1) is 19.3. The smallest absolute Gasteiger partial charge is 0.321 e. The van der Waals surface area contributed by atoms with E-state index in [4.69, 9.17) is 4.74 Å². The van der Waals surface area contributed by atoms with Crippen LogP contribution in [0.5, 0.6) is 0 Å². The first-order chi connectivity index (χ1) is 14.1. The monoisotopic (exact) mass is 401 g/mol. The number of fused-ring (bicyclic) bond motifs is 1. The number of ether oxygens (including phenoxy) is 1. The maximum absolute atomic E-state index is 13.8. The largest absolute Gasteiger partial charge is 0.377 e. The van der Waals surface area contributed by atoms with Crippen molar-refractivity contribution < 1.29 is 18.3 Å². The fraction of sp³-hybridized carbons (Fsp3) is 0.350. The molecule has 0 bridgehead atoms. The number of pyridine rings is 1. The van der Waals surface area contributed by atoms with E-state index in [1.807, 2.05) is 12.1 Å². The van der Waals surface area contributed by atoms with Crippen LogP contribution in [-0.2, 0) is 11.3 Å². The van der Waals surface area contributed by atoms with E-state index in [9.17, 15) is 13.6 Å². The molecule has 4 rings (SSSR count). The molecule has 1 saturated heterocycles. The van der Waals surface area contributed by atoms with Gasteiger partial charge in [-0.05, 0) is 37.1 Å². The third-order valence-corrected chi connectivity index (χ3v) is 5.08. The zero-order valence-corrected chi connectivity index (χ0v) is 15.9. The average Bonchev–Trinajstić information content (AvgIpc) is 3.08. The molecule has 1 N–H and O–H groups in total. The lowest BCUT2D eigenvalue weighted by Gasteiger charge is -2.33. The minimum absolute atomic E-state index is 0.0364. The Balaban J connectivity index is 1.46. The molecule has 3 heterocycles. The predicted octanol–water partition coefficient (Wildman–Crippen LogP) is 3.72. The highest BCUT2D eigenvalue weighted by Crippen LogP contribution is 2.28. The molecule has 1 aliphatic heterocycles. The number of nitrogens with one attached hydrogen (secondary N) is 1. The topological polar surface area (TPSA) is 72.3 Å². The van der Waals surface area contributed by atoms with Gasteiger partial charge in [-0.3, -0.25) is 0 Å². The van der Waals surface area contributed by atoms with Crippen molar-refractivity contribution >= 4 is 22.9 Å². The van der Waals surface area contributed by atoms with E-state index >= 15 is 0 Å². The van der Waals surface area contributed by atoms with Gasteiger partial charge < -0.3 is 19.5 Å². The number of amides is 2. The minimum Gasteiger partial charge on any atom is -0.377 e. The lowest BCUT2D eigenvalue weighted by Crippen LogP contribution is -2.41. The summed E-state index contributed by atoms with van der Waals surface area (Å²) in [7, 11) is 1.62. The Labute approximate surface area is 166 Å². The maximum Gasteiger partial charge on any atom is 0.321 e. The van der Waals surface area contributed by atoms with Gasteiger partial charge in [0.1, 0.15) is 29.6 Å². The van der Waals surface area contributed by atoms with Gasteiger partial charge in [0.2, 0.25) is 0 Å². The van der Waals surface area contributed by atoms with E-state index in [0.717, 1.165) is 29.1 Å². The van der Waals surface area contributed by atoms with Gasteiger partial charge in [0.25, 0.3) is 0 Å². The number of piperidine rings is 1. The van der Waals surface area contributed by atoms with Gasteiger partial charge in [0.05, 0.1) is 5.69 Å². The van der Waals surface area contributed by atoms with Crippen molar-refractivity contribution in [3.8, 4) is 0 Å². The molecule has 29 heavy (non-hydrogen) atoms. The Hall–Kier alpha value is -3.07. The van der Waals surface area contributed by atoms with E-state index in [1.54, 1.807) is 18.2 Å². The second kappa shape index (κ2) is 8.12. The van der Waals surface area contributed by atoms with Crippen molar-refractivity contribution in [3.63, 3.8) is 0 Å². The van der Waals surface area contributed by atoms with Crippen LogP contribution in [0.3, 0.4) is 0 Å². The van der Waals surface area contributed by atoms with Crippen LogP contribution in [0.1, 0.15) is 24.7 Å². The molecule has 1 fully saturated rings. The quantitative estimate of drug-likeness (QED) is 0.723. The van der Waals surface area contributed by atoms with Crippen LogP contribution in [0.4, 0.5) is 19.3 Å². The lowest BCUT2D eigenvalue weighted by molar-refractivity contribution is 0.162. The molecule has 1 aliphatic rings. The SMILES string of the molecule is COCc1nc2cccnc2n1C1CCN(C(=O)Nc2ccc(F)cc2F)CC1. The molecule has 1 aromatic carbocycles. The highest BCUT2D eigenvalue weighted by Gasteiger charge is 2.27. The van der Waals surface area contributed by atoms with E-state index < -0.39 is 17.7 Å². The molecule has 0 unspecified atom stereocenters. The number of likely N-dealkylation sites (tertiary alicyclic amines) is 1. The van der Waals surface area contributed by atoms with E-state index in [0.29, 0.717) is 32.5 Å². The third kappa shape index (κ3) is 3.91. The van der Waals surface area contributed by atoms with Gasteiger partial charge in [-0.25, -0.2) is 23.5 Å². The summed E-state index contributed by atoms with van der Waals surface area (Å²) in [6.07, 6.45) is 3.15. The van der Waals surface area contributed by atoms with Crippen LogP contribution in [0, 0.1) is 11.6 Å². The van der Waals surface area contributed by atoms with Crippen molar-refractivity contribution in [2.75, 3.05) is 25.5 Å². The first-order valence-corrected chi connectivity index (χ1v) is 9.38. The highest BCUT2D eigenvalue weighted by atomic mass is 19.1. The number of methoxy groups -OCH3 is 1. The summed E-state index contributed by atoms with van der Waals surface area (Å²) in [6.45, 7) is 1.37. The van der Waals surface area contributed by atoms with Crippen LogP contribution >= 0.6 is 0 Å². The maximum atomic E-state index is 13.8. The number of hydrogen-bond acceptors (Lipinski definition) is 4. The predicted molar refractivity (Wildman–Crippen MR) is 103 cm³/mol. The Morgan fingerprint density at radius 1 is 1.28 bits per heavy atom. The number of halogens is 2. The van der Waals surface area contributed by atoms with Crippen molar-refractivity contribution in [2.45, 2.75) is 25.5 Å². The van der Waals surface area contributed by atoms with Gasteiger partial charge in [-0.15, -0.1) is 0 Å². The standard InChI is InChI=1S/C20H21F2N5O2/c1-29-12-18-24-17-3-2-8-23-19(17)27(18)14-6-9-26(10-7-14)20(28)25-16-5-4-13(21)11-15(16)22/h2-5,8,11,14H,6-7,9-10,12H2,1H3,(H,25,28). The number of urea groups is 1. The number of carbonyl (C=O) groups is 1. The fourth-order valence-electron chi connectivity index (χ4n) is 3.70. The van der Waals surface area contributed by atoms with Crippen LogP contribution in [0.25, 0.3) is 11.2 Å². The number of carbonyl (C=O) groups excluding carboxylic acids is 1.